The SMILES string of the molecule is CC(N)CC(=O)NC1CCCCC1C(C)C.Cl. The van der Waals surface area contributed by atoms with Gasteiger partial charge >= 0.3 is 0 Å². The third-order valence-electron chi connectivity index (χ3n) is 3.53. The topological polar surface area (TPSA) is 55.1 Å². The zero-order valence-electron chi connectivity index (χ0n) is 11.2. The van der Waals surface area contributed by atoms with Crippen LogP contribution in [0, 0.1) is 11.8 Å². The third-order valence-corrected chi connectivity index (χ3v) is 3.53. The highest BCUT2D eigenvalue weighted by Crippen LogP contribution is 2.30. The van der Waals surface area contributed by atoms with E-state index < -0.39 is 0 Å². The number of carbonyl (C=O) groups is 1. The first-order valence-corrected chi connectivity index (χ1v) is 6.55. The second kappa shape index (κ2) is 7.93. The van der Waals surface area contributed by atoms with Crippen LogP contribution in [0.25, 0.3) is 0 Å². The molecule has 3 atom stereocenters. The Balaban J connectivity index is 0.00000256. The minimum atomic E-state index is -0.0407. The van der Waals surface area contributed by atoms with Gasteiger partial charge in [-0.05, 0) is 31.6 Å². The van der Waals surface area contributed by atoms with Gasteiger partial charge in [0.25, 0.3) is 0 Å². The molecule has 17 heavy (non-hydrogen) atoms. The number of hydrogen-bond acceptors (Lipinski definition) is 2. The van der Waals surface area contributed by atoms with Crippen molar-refractivity contribution in [3.8, 4) is 0 Å². The molecule has 0 aromatic carbocycles. The van der Waals surface area contributed by atoms with Crippen molar-refractivity contribution >= 4 is 18.3 Å². The smallest absolute Gasteiger partial charge is 0.221 e. The standard InChI is InChI=1S/C13H26N2O.ClH/c1-9(2)11-6-4-5-7-12(11)15-13(16)8-10(3)14;/h9-12H,4-8,14H2,1-3H3,(H,15,16);1H. The van der Waals surface area contributed by atoms with Gasteiger partial charge < -0.3 is 11.1 Å². The number of halogens is 1. The molecular weight excluding hydrogens is 236 g/mol. The third kappa shape index (κ3) is 5.73. The Hall–Kier alpha value is -0.280. The molecular formula is C13H27ClN2O. The van der Waals surface area contributed by atoms with Gasteiger partial charge in [-0.25, -0.2) is 0 Å². The van der Waals surface area contributed by atoms with E-state index in [1.165, 1.54) is 19.3 Å². The molecule has 0 bridgehead atoms. The van der Waals surface area contributed by atoms with Gasteiger partial charge in [0.05, 0.1) is 0 Å². The highest BCUT2D eigenvalue weighted by molar-refractivity contribution is 5.85. The van der Waals surface area contributed by atoms with Crippen molar-refractivity contribution in [1.82, 2.24) is 5.32 Å². The molecule has 0 radical (unpaired) electrons. The largest absolute Gasteiger partial charge is 0.353 e. The fourth-order valence-electron chi connectivity index (χ4n) is 2.69. The Bertz CT molecular complexity index is 231. The zero-order valence-corrected chi connectivity index (χ0v) is 12.1. The molecule has 0 aliphatic heterocycles. The molecule has 0 aromatic rings. The van der Waals surface area contributed by atoms with Crippen LogP contribution in [0.1, 0.15) is 52.9 Å². The van der Waals surface area contributed by atoms with Gasteiger partial charge in [-0.3, -0.25) is 4.79 Å². The maximum atomic E-state index is 11.7. The molecule has 1 rings (SSSR count). The second-order valence-corrected chi connectivity index (χ2v) is 5.55. The average Bonchev–Trinajstić information content (AvgIpc) is 2.16. The van der Waals surface area contributed by atoms with Gasteiger partial charge in [0.1, 0.15) is 0 Å². The van der Waals surface area contributed by atoms with E-state index in [1.54, 1.807) is 0 Å². The first-order valence-electron chi connectivity index (χ1n) is 6.55. The molecule has 1 amide bonds. The molecule has 0 aromatic heterocycles. The fourth-order valence-corrected chi connectivity index (χ4v) is 2.69. The van der Waals surface area contributed by atoms with E-state index in [0.29, 0.717) is 24.3 Å². The van der Waals surface area contributed by atoms with Gasteiger partial charge in [-0.1, -0.05) is 26.7 Å². The summed E-state index contributed by atoms with van der Waals surface area (Å²) >= 11 is 0. The van der Waals surface area contributed by atoms with Gasteiger partial charge in [0.2, 0.25) is 5.91 Å². The number of amides is 1. The molecule has 1 fully saturated rings. The van der Waals surface area contributed by atoms with Crippen LogP contribution in [0.3, 0.4) is 0 Å². The van der Waals surface area contributed by atoms with E-state index >= 15 is 0 Å². The summed E-state index contributed by atoms with van der Waals surface area (Å²) in [5.41, 5.74) is 5.63. The van der Waals surface area contributed by atoms with Crippen LogP contribution >= 0.6 is 12.4 Å². The Labute approximate surface area is 111 Å². The summed E-state index contributed by atoms with van der Waals surface area (Å²) in [5, 5.41) is 3.16. The van der Waals surface area contributed by atoms with Gasteiger partial charge in [-0.2, -0.15) is 0 Å². The van der Waals surface area contributed by atoms with Crippen LogP contribution in [0.5, 0.6) is 0 Å². The van der Waals surface area contributed by atoms with E-state index in [0.717, 1.165) is 6.42 Å². The van der Waals surface area contributed by atoms with Crippen molar-refractivity contribution in [3.63, 3.8) is 0 Å². The molecule has 102 valence electrons. The minimum absolute atomic E-state index is 0. The zero-order chi connectivity index (χ0) is 12.1. The lowest BCUT2D eigenvalue weighted by Gasteiger charge is -2.35. The van der Waals surface area contributed by atoms with Crippen molar-refractivity contribution in [3.05, 3.63) is 0 Å². The maximum absolute atomic E-state index is 11.7. The second-order valence-electron chi connectivity index (χ2n) is 5.55. The molecule has 0 spiro atoms. The normalized spacial score (nSPS) is 26.2. The van der Waals surface area contributed by atoms with E-state index in [1.807, 2.05) is 6.92 Å². The van der Waals surface area contributed by atoms with E-state index in [9.17, 15) is 4.79 Å². The molecule has 3 N–H and O–H groups in total. The van der Waals surface area contributed by atoms with Crippen LogP contribution in [-0.2, 0) is 4.79 Å². The molecule has 1 saturated carbocycles. The van der Waals surface area contributed by atoms with Crippen molar-refractivity contribution < 1.29 is 4.79 Å². The number of hydrogen-bond donors (Lipinski definition) is 2. The quantitative estimate of drug-likeness (QED) is 0.818. The first-order chi connectivity index (χ1) is 7.50. The summed E-state index contributed by atoms with van der Waals surface area (Å²) in [6.07, 6.45) is 5.38. The van der Waals surface area contributed by atoms with Crippen LogP contribution < -0.4 is 11.1 Å². The van der Waals surface area contributed by atoms with E-state index in [-0.39, 0.29) is 24.4 Å². The Morgan fingerprint density at radius 2 is 1.88 bits per heavy atom. The molecule has 4 heteroatoms. The Kier molecular flexibility index (Phi) is 7.80. The summed E-state index contributed by atoms with van der Waals surface area (Å²) in [6, 6.07) is 0.334. The van der Waals surface area contributed by atoms with Crippen LogP contribution in [-0.4, -0.2) is 18.0 Å². The van der Waals surface area contributed by atoms with Gasteiger partial charge in [0.15, 0.2) is 0 Å². The average molecular weight is 263 g/mol. The van der Waals surface area contributed by atoms with Crippen LogP contribution in [0.2, 0.25) is 0 Å². The molecule has 1 aliphatic carbocycles. The Morgan fingerprint density at radius 1 is 1.29 bits per heavy atom. The summed E-state index contributed by atoms with van der Waals surface area (Å²) in [6.45, 7) is 6.38. The lowest BCUT2D eigenvalue weighted by atomic mass is 9.78. The van der Waals surface area contributed by atoms with E-state index in [2.05, 4.69) is 19.2 Å². The highest BCUT2D eigenvalue weighted by Gasteiger charge is 2.28. The van der Waals surface area contributed by atoms with Crippen molar-refractivity contribution in [2.24, 2.45) is 17.6 Å². The van der Waals surface area contributed by atoms with Crippen LogP contribution in [0.4, 0.5) is 0 Å². The van der Waals surface area contributed by atoms with Crippen LogP contribution in [0.15, 0.2) is 0 Å². The van der Waals surface area contributed by atoms with Crippen molar-refractivity contribution in [1.29, 1.82) is 0 Å². The molecule has 1 aliphatic rings. The van der Waals surface area contributed by atoms with Crippen molar-refractivity contribution in [2.45, 2.75) is 65.0 Å². The molecule has 0 saturated heterocycles. The van der Waals surface area contributed by atoms with Crippen molar-refractivity contribution in [2.75, 3.05) is 0 Å². The summed E-state index contributed by atoms with van der Waals surface area (Å²) in [5.74, 6) is 1.42. The monoisotopic (exact) mass is 262 g/mol. The number of nitrogens with one attached hydrogen (secondary N) is 1. The number of carbonyl (C=O) groups excluding carboxylic acids is 1. The molecule has 0 heterocycles. The maximum Gasteiger partial charge on any atom is 0.221 e. The fraction of sp³-hybridized carbons (Fsp3) is 0.923. The van der Waals surface area contributed by atoms with Gasteiger partial charge in [0, 0.05) is 18.5 Å². The Morgan fingerprint density at radius 3 is 2.41 bits per heavy atom. The lowest BCUT2D eigenvalue weighted by molar-refractivity contribution is -0.122. The number of rotatable bonds is 4. The van der Waals surface area contributed by atoms with E-state index in [4.69, 9.17) is 5.73 Å². The predicted molar refractivity (Wildman–Crippen MR) is 74.2 cm³/mol. The summed E-state index contributed by atoms with van der Waals surface area (Å²) in [7, 11) is 0. The molecule has 3 nitrogen and oxygen atoms in total. The highest BCUT2D eigenvalue weighted by atomic mass is 35.5. The minimum Gasteiger partial charge on any atom is -0.353 e. The predicted octanol–water partition coefficient (Wildman–Crippen LogP) is 2.48. The molecule has 3 unspecified atom stereocenters. The number of nitrogens with two attached hydrogens (primary N) is 1. The summed E-state index contributed by atoms with van der Waals surface area (Å²) in [4.78, 5) is 11.7. The lowest BCUT2D eigenvalue weighted by Crippen LogP contribution is -2.45. The van der Waals surface area contributed by atoms with Gasteiger partial charge in [-0.15, -0.1) is 12.4 Å². The first kappa shape index (κ1) is 16.7. The summed E-state index contributed by atoms with van der Waals surface area (Å²) < 4.78 is 0.